The highest BCUT2D eigenvalue weighted by Gasteiger charge is 2.37. The summed E-state index contributed by atoms with van der Waals surface area (Å²) in [4.78, 5) is 22.1. The van der Waals surface area contributed by atoms with Gasteiger partial charge in [0.2, 0.25) is 5.91 Å². The number of pyridine rings is 1. The van der Waals surface area contributed by atoms with Gasteiger partial charge in [-0.2, -0.15) is 0 Å². The van der Waals surface area contributed by atoms with Gasteiger partial charge in [-0.05, 0) is 43.2 Å². The molecule has 1 aliphatic heterocycles. The van der Waals surface area contributed by atoms with E-state index in [1.807, 2.05) is 0 Å². The number of hydrogen-bond donors (Lipinski definition) is 1. The Labute approximate surface area is 129 Å². The zero-order chi connectivity index (χ0) is 15.5. The van der Waals surface area contributed by atoms with Gasteiger partial charge in [-0.25, -0.2) is 9.45 Å². The van der Waals surface area contributed by atoms with E-state index in [-0.39, 0.29) is 24.5 Å². The van der Waals surface area contributed by atoms with Gasteiger partial charge >= 0.3 is 0 Å². The molecule has 0 unspecified atom stereocenters. The highest BCUT2D eigenvalue weighted by Crippen LogP contribution is 2.35. The van der Waals surface area contributed by atoms with Gasteiger partial charge < -0.3 is 5.11 Å². The second-order valence-electron chi connectivity index (χ2n) is 6.14. The lowest BCUT2D eigenvalue weighted by Gasteiger charge is -2.31. The first-order valence-corrected chi connectivity index (χ1v) is 7.86. The van der Waals surface area contributed by atoms with Crippen molar-refractivity contribution in [3.8, 4) is 0 Å². The van der Waals surface area contributed by atoms with Gasteiger partial charge in [0.15, 0.2) is 0 Å². The predicted octanol–water partition coefficient (Wildman–Crippen LogP) is 2.22. The summed E-state index contributed by atoms with van der Waals surface area (Å²) in [6.07, 6.45) is 6.69. The number of hydroxylamine groups is 2. The summed E-state index contributed by atoms with van der Waals surface area (Å²) in [7, 11) is 0. The Morgan fingerprint density at radius 1 is 1.32 bits per heavy atom. The standard InChI is InChI=1S/C16H21FN2O3/c17-14-7-13(8-18-9-14)15-5-6-22-19(15)16(21)12-3-1-11(10-20)2-4-12/h7-9,11-12,15,20H,1-6,10H2/t11?,12?,15-/m0/s1. The molecular formula is C16H21FN2O3. The Bertz CT molecular complexity index is 532. The van der Waals surface area contributed by atoms with Crippen molar-refractivity contribution in [1.82, 2.24) is 10.0 Å². The van der Waals surface area contributed by atoms with E-state index in [0.717, 1.165) is 31.9 Å². The molecular weight excluding hydrogens is 287 g/mol. The molecule has 1 N–H and O–H groups in total. The van der Waals surface area contributed by atoms with Crippen LogP contribution in [0.1, 0.15) is 43.7 Å². The minimum atomic E-state index is -0.403. The van der Waals surface area contributed by atoms with Crippen LogP contribution >= 0.6 is 0 Å². The number of aromatic nitrogens is 1. The fourth-order valence-corrected chi connectivity index (χ4v) is 3.37. The lowest BCUT2D eigenvalue weighted by molar-refractivity contribution is -0.183. The van der Waals surface area contributed by atoms with Crippen molar-refractivity contribution < 1.29 is 19.1 Å². The maximum atomic E-state index is 13.4. The third-order valence-corrected chi connectivity index (χ3v) is 4.69. The Morgan fingerprint density at radius 2 is 2.09 bits per heavy atom. The normalized spacial score (nSPS) is 28.8. The van der Waals surface area contributed by atoms with Gasteiger partial charge in [0.05, 0.1) is 18.8 Å². The van der Waals surface area contributed by atoms with Crippen LogP contribution in [0.25, 0.3) is 0 Å². The van der Waals surface area contributed by atoms with Gasteiger partial charge in [-0.1, -0.05) is 0 Å². The summed E-state index contributed by atoms with van der Waals surface area (Å²) < 4.78 is 13.4. The van der Waals surface area contributed by atoms with E-state index in [9.17, 15) is 14.3 Å². The lowest BCUT2D eigenvalue weighted by atomic mass is 9.82. The molecule has 2 heterocycles. The summed E-state index contributed by atoms with van der Waals surface area (Å²) in [5.74, 6) is -0.180. The van der Waals surface area contributed by atoms with Crippen molar-refractivity contribution in [2.24, 2.45) is 11.8 Å². The Hall–Kier alpha value is -1.53. The topological polar surface area (TPSA) is 62.7 Å². The van der Waals surface area contributed by atoms with Crippen molar-refractivity contribution in [3.63, 3.8) is 0 Å². The largest absolute Gasteiger partial charge is 0.396 e. The molecule has 1 saturated heterocycles. The molecule has 6 heteroatoms. The maximum absolute atomic E-state index is 13.4. The molecule has 1 aliphatic carbocycles. The van der Waals surface area contributed by atoms with E-state index in [0.29, 0.717) is 24.5 Å². The summed E-state index contributed by atoms with van der Waals surface area (Å²) in [6, 6.07) is 1.15. The first-order valence-electron chi connectivity index (χ1n) is 7.86. The highest BCUT2D eigenvalue weighted by atomic mass is 19.1. The number of aliphatic hydroxyl groups excluding tert-OH is 1. The van der Waals surface area contributed by atoms with Crippen LogP contribution in [0.5, 0.6) is 0 Å². The third kappa shape index (κ3) is 3.13. The minimum Gasteiger partial charge on any atom is -0.396 e. The Balaban J connectivity index is 1.69. The van der Waals surface area contributed by atoms with Crippen molar-refractivity contribution >= 4 is 5.91 Å². The molecule has 1 aromatic heterocycles. The first-order chi connectivity index (χ1) is 10.7. The smallest absolute Gasteiger partial charge is 0.249 e. The highest BCUT2D eigenvalue weighted by molar-refractivity contribution is 5.78. The molecule has 1 amide bonds. The zero-order valence-electron chi connectivity index (χ0n) is 12.4. The SMILES string of the molecule is O=C(C1CCC(CO)CC1)N1OCC[C@H]1c1cncc(F)c1. The molecule has 120 valence electrons. The summed E-state index contributed by atoms with van der Waals surface area (Å²) >= 11 is 0. The van der Waals surface area contributed by atoms with Crippen molar-refractivity contribution in [3.05, 3.63) is 29.8 Å². The van der Waals surface area contributed by atoms with Crippen LogP contribution in [-0.2, 0) is 9.63 Å². The van der Waals surface area contributed by atoms with Crippen LogP contribution in [0.3, 0.4) is 0 Å². The summed E-state index contributed by atoms with van der Waals surface area (Å²) in [5.41, 5.74) is 0.676. The number of carbonyl (C=O) groups is 1. The molecule has 1 aromatic rings. The van der Waals surface area contributed by atoms with Gasteiger partial charge in [0.1, 0.15) is 5.82 Å². The fourth-order valence-electron chi connectivity index (χ4n) is 3.37. The van der Waals surface area contributed by atoms with Crippen molar-refractivity contribution in [2.45, 2.75) is 38.1 Å². The molecule has 2 aliphatic rings. The molecule has 0 bridgehead atoms. The second-order valence-corrected chi connectivity index (χ2v) is 6.14. The number of aliphatic hydroxyl groups is 1. The van der Waals surface area contributed by atoms with E-state index in [4.69, 9.17) is 4.84 Å². The van der Waals surface area contributed by atoms with Gasteiger partial charge in [0, 0.05) is 25.1 Å². The fraction of sp³-hybridized carbons (Fsp3) is 0.625. The number of amides is 1. The van der Waals surface area contributed by atoms with Crippen LogP contribution < -0.4 is 0 Å². The molecule has 1 atom stereocenters. The van der Waals surface area contributed by atoms with Crippen LogP contribution in [0.2, 0.25) is 0 Å². The number of carbonyl (C=O) groups excluding carboxylic acids is 1. The van der Waals surface area contributed by atoms with Crippen LogP contribution in [0.4, 0.5) is 4.39 Å². The van der Waals surface area contributed by atoms with Crippen molar-refractivity contribution in [2.75, 3.05) is 13.2 Å². The predicted molar refractivity (Wildman–Crippen MR) is 76.9 cm³/mol. The van der Waals surface area contributed by atoms with Gasteiger partial charge in [0.25, 0.3) is 0 Å². The molecule has 5 nitrogen and oxygen atoms in total. The average Bonchev–Trinajstić information content (AvgIpc) is 3.04. The molecule has 2 fully saturated rings. The van der Waals surface area contributed by atoms with Crippen LogP contribution in [0.15, 0.2) is 18.5 Å². The lowest BCUT2D eigenvalue weighted by Crippen LogP contribution is -2.37. The Morgan fingerprint density at radius 3 is 2.77 bits per heavy atom. The Kier molecular flexibility index (Phi) is 4.69. The number of nitrogens with zero attached hydrogens (tertiary/aromatic N) is 2. The van der Waals surface area contributed by atoms with Crippen molar-refractivity contribution in [1.29, 1.82) is 0 Å². The zero-order valence-corrected chi connectivity index (χ0v) is 12.4. The van der Waals surface area contributed by atoms with Gasteiger partial charge in [-0.3, -0.25) is 14.6 Å². The van der Waals surface area contributed by atoms with E-state index in [1.54, 1.807) is 6.20 Å². The van der Waals surface area contributed by atoms with E-state index in [2.05, 4.69) is 4.98 Å². The molecule has 3 rings (SSSR count). The summed E-state index contributed by atoms with van der Waals surface area (Å²) in [5, 5.41) is 10.6. The maximum Gasteiger partial charge on any atom is 0.249 e. The molecule has 0 aromatic carbocycles. The van der Waals surface area contributed by atoms with E-state index >= 15 is 0 Å². The molecule has 0 radical (unpaired) electrons. The monoisotopic (exact) mass is 308 g/mol. The second kappa shape index (κ2) is 6.71. The molecule has 22 heavy (non-hydrogen) atoms. The quantitative estimate of drug-likeness (QED) is 0.930. The number of rotatable bonds is 3. The van der Waals surface area contributed by atoms with E-state index in [1.165, 1.54) is 11.1 Å². The van der Waals surface area contributed by atoms with Gasteiger partial charge in [-0.15, -0.1) is 0 Å². The first kappa shape index (κ1) is 15.4. The van der Waals surface area contributed by atoms with Crippen LogP contribution in [-0.4, -0.2) is 34.3 Å². The van der Waals surface area contributed by atoms with Crippen LogP contribution in [0, 0.1) is 17.7 Å². The number of halogens is 1. The number of hydrogen-bond acceptors (Lipinski definition) is 4. The summed E-state index contributed by atoms with van der Waals surface area (Å²) in [6.45, 7) is 0.650. The molecule has 1 saturated carbocycles. The average molecular weight is 308 g/mol. The minimum absolute atomic E-state index is 0.0249. The van der Waals surface area contributed by atoms with E-state index < -0.39 is 5.82 Å². The third-order valence-electron chi connectivity index (χ3n) is 4.69. The molecule has 0 spiro atoms.